The van der Waals surface area contributed by atoms with Gasteiger partial charge in [0.15, 0.2) is 11.6 Å². The summed E-state index contributed by atoms with van der Waals surface area (Å²) < 4.78 is 14.6. The van der Waals surface area contributed by atoms with Crippen molar-refractivity contribution < 1.29 is 29.3 Å². The molecule has 4 aliphatic rings. The van der Waals surface area contributed by atoms with Gasteiger partial charge in [0.05, 0.1) is 23.6 Å². The number of pyridine rings is 6. The fourth-order valence-electron chi connectivity index (χ4n) is 9.47. The smallest absolute Gasteiger partial charge is 0.244 e. The van der Waals surface area contributed by atoms with E-state index in [1.807, 2.05) is 50.2 Å². The number of aromatic nitrogens is 10. The van der Waals surface area contributed by atoms with E-state index in [0.29, 0.717) is 84.0 Å². The van der Waals surface area contributed by atoms with Gasteiger partial charge in [-0.2, -0.15) is 10.2 Å². The molecule has 8 N–H and O–H groups in total. The molecule has 368 valence electrons. The standard InChI is InChI=1S/2C25H26N8O3/c2*1-13-17-8-16(34)12-36-25(17)28-9-18(13)20-5-14-6-21(27-10-19(14)24(26)29-20)30-22-7-15-3-4-32(2)23(35)11-33(15)31-22/h2*5-7,9-10,16,34H,3-4,8,11-12H2,1-2H3,(H2,26,29)(H,27,30,31)/t2*16-/m10/s1. The summed E-state index contributed by atoms with van der Waals surface area (Å²) in [6, 6.07) is 11.6. The van der Waals surface area contributed by atoms with Gasteiger partial charge in [0.1, 0.15) is 49.6 Å². The van der Waals surface area contributed by atoms with Crippen molar-refractivity contribution in [2.75, 3.05) is 62.5 Å². The zero-order valence-corrected chi connectivity index (χ0v) is 40.0. The second-order valence-electron chi connectivity index (χ2n) is 18.6. The Morgan fingerprint density at radius 2 is 1.03 bits per heavy atom. The van der Waals surface area contributed by atoms with Crippen molar-refractivity contribution in [3.05, 3.63) is 94.8 Å². The molecule has 0 aliphatic carbocycles. The molecule has 8 aromatic heterocycles. The Kier molecular flexibility index (Phi) is 11.7. The number of fused-ring (bicyclic) bond motifs is 6. The number of carbonyl (C=O) groups excluding carboxylic acids is 2. The molecule has 2 amide bonds. The molecule has 2 atom stereocenters. The predicted octanol–water partition coefficient (Wildman–Crippen LogP) is 3.67. The van der Waals surface area contributed by atoms with Gasteiger partial charge in [0.2, 0.25) is 23.6 Å². The van der Waals surface area contributed by atoms with Crippen LogP contribution in [0, 0.1) is 13.8 Å². The predicted molar refractivity (Wildman–Crippen MR) is 268 cm³/mol. The van der Waals surface area contributed by atoms with Gasteiger partial charge in [-0.25, -0.2) is 29.9 Å². The van der Waals surface area contributed by atoms with Crippen LogP contribution in [0.25, 0.3) is 44.1 Å². The van der Waals surface area contributed by atoms with Crippen LogP contribution in [0.4, 0.5) is 34.9 Å². The highest BCUT2D eigenvalue weighted by Crippen LogP contribution is 2.37. The Hall–Kier alpha value is -8.50. The van der Waals surface area contributed by atoms with Crippen LogP contribution in [-0.4, -0.2) is 134 Å². The van der Waals surface area contributed by atoms with Crippen LogP contribution in [0.2, 0.25) is 0 Å². The van der Waals surface area contributed by atoms with Crippen molar-refractivity contribution in [1.29, 1.82) is 0 Å². The van der Waals surface area contributed by atoms with Gasteiger partial charge in [-0.3, -0.25) is 19.0 Å². The number of nitrogens with one attached hydrogen (secondary N) is 2. The number of carbonyl (C=O) groups is 2. The number of aliphatic hydroxyl groups excluding tert-OH is 2. The summed E-state index contributed by atoms with van der Waals surface area (Å²) in [5.41, 5.74) is 21.3. The molecule has 0 saturated carbocycles. The molecule has 8 aromatic rings. The number of ether oxygens (including phenoxy) is 2. The van der Waals surface area contributed by atoms with Crippen LogP contribution in [-0.2, 0) is 48.4 Å². The zero-order chi connectivity index (χ0) is 49.9. The maximum Gasteiger partial charge on any atom is 0.244 e. The van der Waals surface area contributed by atoms with E-state index in [9.17, 15) is 19.8 Å². The van der Waals surface area contributed by atoms with Crippen LogP contribution in [0.1, 0.15) is 33.6 Å². The molecule has 0 aromatic carbocycles. The first-order valence-electron chi connectivity index (χ1n) is 23.6. The zero-order valence-electron chi connectivity index (χ0n) is 40.0. The van der Waals surface area contributed by atoms with E-state index < -0.39 is 12.2 Å². The van der Waals surface area contributed by atoms with Crippen LogP contribution in [0.5, 0.6) is 11.8 Å². The Bertz CT molecular complexity index is 3260. The minimum absolute atomic E-state index is 0.0377. The molecule has 0 unspecified atom stereocenters. The molecule has 22 nitrogen and oxygen atoms in total. The molecule has 4 aliphatic heterocycles. The fraction of sp³-hybridized carbons (Fsp3) is 0.320. The first-order valence-corrected chi connectivity index (χ1v) is 23.6. The molecule has 12 rings (SSSR count). The fourth-order valence-corrected chi connectivity index (χ4v) is 9.47. The lowest BCUT2D eigenvalue weighted by Gasteiger charge is -2.23. The van der Waals surface area contributed by atoms with Crippen molar-refractivity contribution in [3.63, 3.8) is 0 Å². The van der Waals surface area contributed by atoms with Gasteiger partial charge in [0, 0.05) is 134 Å². The molecular formula is C50H52N16O6. The number of amides is 2. The van der Waals surface area contributed by atoms with Gasteiger partial charge in [-0.1, -0.05) is 0 Å². The summed E-state index contributed by atoms with van der Waals surface area (Å²) in [4.78, 5) is 54.9. The minimum atomic E-state index is -0.556. The summed E-state index contributed by atoms with van der Waals surface area (Å²) in [5, 5.41) is 38.9. The van der Waals surface area contributed by atoms with Gasteiger partial charge >= 0.3 is 0 Å². The maximum absolute atomic E-state index is 12.2. The average Bonchev–Trinajstić information content (AvgIpc) is 3.85. The van der Waals surface area contributed by atoms with E-state index in [1.54, 1.807) is 58.0 Å². The summed E-state index contributed by atoms with van der Waals surface area (Å²) in [7, 11) is 3.61. The maximum atomic E-state index is 12.2. The van der Waals surface area contributed by atoms with Gasteiger partial charge in [0.25, 0.3) is 0 Å². The molecule has 22 heteroatoms. The van der Waals surface area contributed by atoms with Gasteiger partial charge in [-0.05, 0) is 60.0 Å². The third-order valence-electron chi connectivity index (χ3n) is 13.7. The number of likely N-dealkylation sites (N-methyl/N-ethyl adjacent to an activating group) is 2. The van der Waals surface area contributed by atoms with Crippen molar-refractivity contribution in [3.8, 4) is 34.3 Å². The van der Waals surface area contributed by atoms with E-state index in [-0.39, 0.29) is 38.1 Å². The van der Waals surface area contributed by atoms with Crippen LogP contribution >= 0.6 is 0 Å². The highest BCUT2D eigenvalue weighted by Gasteiger charge is 2.26. The number of nitrogens with zero attached hydrogens (tertiary/aromatic N) is 12. The van der Waals surface area contributed by atoms with Crippen LogP contribution in [0.3, 0.4) is 0 Å². The quantitative estimate of drug-likeness (QED) is 0.139. The number of nitrogen functional groups attached to an aromatic ring is 2. The summed E-state index contributed by atoms with van der Waals surface area (Å²) in [6.07, 6.45) is 8.18. The third kappa shape index (κ3) is 8.85. The molecule has 0 radical (unpaired) electrons. The first-order chi connectivity index (χ1) is 34.7. The number of hydrogen-bond acceptors (Lipinski definition) is 18. The molecule has 0 spiro atoms. The lowest BCUT2D eigenvalue weighted by Crippen LogP contribution is -2.29. The third-order valence-corrected chi connectivity index (χ3v) is 13.7. The van der Waals surface area contributed by atoms with E-state index in [2.05, 4.69) is 50.7 Å². The number of hydrogen-bond donors (Lipinski definition) is 6. The lowest BCUT2D eigenvalue weighted by molar-refractivity contribution is -0.131. The SMILES string of the molecule is Cc1c(-c2cc3cc(Nc4cc5n(n4)CC(=O)N(C)CC5)ncc3c(N)n2)cnc2c1C[C@@H](O)CO2.Cc1c(-c2cc3cc(Nc4cc5n(n4)CC(=O)N(C)CC5)ncc3c(N)n2)cnc2c1C[C@H](O)CO2. The lowest BCUT2D eigenvalue weighted by atomic mass is 9.96. The van der Waals surface area contributed by atoms with Crippen molar-refractivity contribution >= 4 is 68.3 Å². The van der Waals surface area contributed by atoms with E-state index in [0.717, 1.165) is 79.2 Å². The highest BCUT2D eigenvalue weighted by atomic mass is 16.5. The number of rotatable bonds is 6. The molecular weight excluding hydrogens is 921 g/mol. The van der Waals surface area contributed by atoms with E-state index in [1.165, 1.54) is 0 Å². The largest absolute Gasteiger partial charge is 0.475 e. The number of nitrogens with two attached hydrogens (primary N) is 2. The van der Waals surface area contributed by atoms with Crippen molar-refractivity contribution in [2.45, 2.75) is 64.8 Å². The highest BCUT2D eigenvalue weighted by molar-refractivity contribution is 5.96. The van der Waals surface area contributed by atoms with Gasteiger partial charge in [-0.15, -0.1) is 0 Å². The molecule has 72 heavy (non-hydrogen) atoms. The van der Waals surface area contributed by atoms with Crippen LogP contribution in [0.15, 0.2) is 61.2 Å². The van der Waals surface area contributed by atoms with Crippen molar-refractivity contribution in [1.82, 2.24) is 59.3 Å². The summed E-state index contributed by atoms with van der Waals surface area (Å²) >= 11 is 0. The Morgan fingerprint density at radius 1 is 0.597 bits per heavy atom. The minimum Gasteiger partial charge on any atom is -0.475 e. The Balaban J connectivity index is 0.000000156. The topological polar surface area (TPSA) is 289 Å². The van der Waals surface area contributed by atoms with Gasteiger partial charge < -0.3 is 51.6 Å². The molecule has 0 fully saturated rings. The molecule has 0 bridgehead atoms. The average molecular weight is 973 g/mol. The second-order valence-corrected chi connectivity index (χ2v) is 18.6. The van der Waals surface area contributed by atoms with E-state index in [4.69, 9.17) is 20.9 Å². The van der Waals surface area contributed by atoms with E-state index >= 15 is 0 Å². The molecule has 12 heterocycles. The monoisotopic (exact) mass is 972 g/mol. The van der Waals surface area contributed by atoms with Crippen LogP contribution < -0.4 is 31.6 Å². The first kappa shape index (κ1) is 45.9. The normalized spacial score (nSPS) is 17.4. The molecule has 0 saturated heterocycles. The van der Waals surface area contributed by atoms with Crippen molar-refractivity contribution in [2.24, 2.45) is 0 Å². The number of aliphatic hydroxyl groups is 2. The summed E-state index contributed by atoms with van der Waals surface area (Å²) in [6.45, 7) is 6.21. The second kappa shape index (κ2) is 18.4. The number of anilines is 6. The Labute approximate surface area is 412 Å². The Morgan fingerprint density at radius 3 is 1.46 bits per heavy atom. The summed E-state index contributed by atoms with van der Waals surface area (Å²) in [5.74, 6) is 4.38.